The standard InChI is InChI=1S/C13H19N3O/c14-7-13(8-17-9-13)6-11-4-3-10-2-1-5-15-12(10)16-11/h3-4H,1-2,5-9,14H2,(H,15,16). The van der Waals surface area contributed by atoms with Crippen LogP contribution in [0, 0.1) is 5.41 Å². The Labute approximate surface area is 102 Å². The van der Waals surface area contributed by atoms with Gasteiger partial charge in [-0.25, -0.2) is 4.98 Å². The Morgan fingerprint density at radius 3 is 3.00 bits per heavy atom. The summed E-state index contributed by atoms with van der Waals surface area (Å²) < 4.78 is 5.29. The first-order chi connectivity index (χ1) is 8.31. The van der Waals surface area contributed by atoms with E-state index in [2.05, 4.69) is 17.4 Å². The second-order valence-electron chi connectivity index (χ2n) is 5.21. The molecule has 2 aliphatic heterocycles. The SMILES string of the molecule is NCC1(Cc2ccc3c(n2)NCCC3)COC1. The van der Waals surface area contributed by atoms with E-state index in [9.17, 15) is 0 Å². The van der Waals surface area contributed by atoms with Gasteiger partial charge >= 0.3 is 0 Å². The van der Waals surface area contributed by atoms with Gasteiger partial charge in [-0.2, -0.15) is 0 Å². The van der Waals surface area contributed by atoms with Gasteiger partial charge in [0.2, 0.25) is 0 Å². The maximum Gasteiger partial charge on any atom is 0.129 e. The molecular weight excluding hydrogens is 214 g/mol. The third-order valence-electron chi connectivity index (χ3n) is 3.76. The molecule has 0 bridgehead atoms. The summed E-state index contributed by atoms with van der Waals surface area (Å²) in [5.41, 5.74) is 8.44. The summed E-state index contributed by atoms with van der Waals surface area (Å²) in [6.45, 7) is 3.26. The van der Waals surface area contributed by atoms with Crippen LogP contribution in [-0.4, -0.2) is 31.3 Å². The molecule has 4 heteroatoms. The number of hydrogen-bond acceptors (Lipinski definition) is 4. The van der Waals surface area contributed by atoms with Gasteiger partial charge in [0.05, 0.1) is 13.2 Å². The molecule has 1 fully saturated rings. The zero-order valence-corrected chi connectivity index (χ0v) is 10.0. The Morgan fingerprint density at radius 1 is 1.41 bits per heavy atom. The summed E-state index contributed by atoms with van der Waals surface area (Å²) in [6, 6.07) is 4.34. The molecule has 0 saturated carbocycles. The van der Waals surface area contributed by atoms with E-state index in [4.69, 9.17) is 15.5 Å². The summed E-state index contributed by atoms with van der Waals surface area (Å²) in [5, 5.41) is 3.37. The molecule has 1 saturated heterocycles. The van der Waals surface area contributed by atoms with Crippen molar-refractivity contribution in [2.45, 2.75) is 19.3 Å². The van der Waals surface area contributed by atoms with Crippen molar-refractivity contribution >= 4 is 5.82 Å². The molecule has 1 aromatic rings. The number of hydrogen-bond donors (Lipinski definition) is 2. The molecule has 17 heavy (non-hydrogen) atoms. The smallest absolute Gasteiger partial charge is 0.129 e. The van der Waals surface area contributed by atoms with Crippen LogP contribution in [0.4, 0.5) is 5.82 Å². The zero-order valence-electron chi connectivity index (χ0n) is 10.0. The molecule has 0 amide bonds. The van der Waals surface area contributed by atoms with E-state index in [0.717, 1.165) is 44.1 Å². The molecule has 3 heterocycles. The highest BCUT2D eigenvalue weighted by Crippen LogP contribution is 2.31. The van der Waals surface area contributed by atoms with Crippen molar-refractivity contribution in [3.05, 3.63) is 23.4 Å². The van der Waals surface area contributed by atoms with Crippen molar-refractivity contribution in [3.63, 3.8) is 0 Å². The normalized spacial score (nSPS) is 21.2. The van der Waals surface area contributed by atoms with Crippen LogP contribution in [0.5, 0.6) is 0 Å². The summed E-state index contributed by atoms with van der Waals surface area (Å²) in [6.07, 6.45) is 3.27. The first kappa shape index (κ1) is 11.0. The van der Waals surface area contributed by atoms with E-state index in [-0.39, 0.29) is 5.41 Å². The summed E-state index contributed by atoms with van der Waals surface area (Å²) in [7, 11) is 0. The number of nitrogens with one attached hydrogen (secondary N) is 1. The lowest BCUT2D eigenvalue weighted by atomic mass is 9.81. The van der Waals surface area contributed by atoms with Crippen LogP contribution in [0.3, 0.4) is 0 Å². The Bertz CT molecular complexity index is 410. The van der Waals surface area contributed by atoms with Gasteiger partial charge in [0, 0.05) is 30.6 Å². The van der Waals surface area contributed by atoms with Crippen LogP contribution in [0.15, 0.2) is 12.1 Å². The van der Waals surface area contributed by atoms with Gasteiger partial charge in [-0.1, -0.05) is 6.07 Å². The lowest BCUT2D eigenvalue weighted by Crippen LogP contribution is -2.50. The van der Waals surface area contributed by atoms with Crippen LogP contribution >= 0.6 is 0 Å². The number of ether oxygens (including phenoxy) is 1. The Balaban J connectivity index is 1.79. The number of aryl methyl sites for hydroxylation is 1. The van der Waals surface area contributed by atoms with Crippen LogP contribution in [-0.2, 0) is 17.6 Å². The van der Waals surface area contributed by atoms with E-state index in [1.54, 1.807) is 0 Å². The molecule has 1 aromatic heterocycles. The zero-order chi connectivity index (χ0) is 11.7. The number of nitrogens with zero attached hydrogens (tertiary/aromatic N) is 1. The Morgan fingerprint density at radius 2 is 2.29 bits per heavy atom. The van der Waals surface area contributed by atoms with Gasteiger partial charge in [0.15, 0.2) is 0 Å². The van der Waals surface area contributed by atoms with E-state index < -0.39 is 0 Å². The lowest BCUT2D eigenvalue weighted by Gasteiger charge is -2.40. The highest BCUT2D eigenvalue weighted by molar-refractivity contribution is 5.47. The van der Waals surface area contributed by atoms with Gasteiger partial charge in [-0.3, -0.25) is 0 Å². The number of anilines is 1. The Hall–Kier alpha value is -1.13. The third-order valence-corrected chi connectivity index (χ3v) is 3.76. The highest BCUT2D eigenvalue weighted by Gasteiger charge is 2.37. The van der Waals surface area contributed by atoms with E-state index in [1.165, 1.54) is 12.0 Å². The van der Waals surface area contributed by atoms with Crippen LogP contribution in [0.1, 0.15) is 17.7 Å². The molecule has 92 valence electrons. The Kier molecular flexibility index (Phi) is 2.76. The van der Waals surface area contributed by atoms with E-state index in [1.807, 2.05) is 0 Å². The average molecular weight is 233 g/mol. The van der Waals surface area contributed by atoms with Crippen LogP contribution in [0.2, 0.25) is 0 Å². The molecule has 0 radical (unpaired) electrons. The second kappa shape index (κ2) is 4.27. The average Bonchev–Trinajstić information content (AvgIpc) is 2.34. The van der Waals surface area contributed by atoms with E-state index in [0.29, 0.717) is 6.54 Å². The minimum Gasteiger partial charge on any atom is -0.380 e. The topological polar surface area (TPSA) is 60.2 Å². The fraction of sp³-hybridized carbons (Fsp3) is 0.615. The van der Waals surface area contributed by atoms with Crippen molar-refractivity contribution in [3.8, 4) is 0 Å². The van der Waals surface area contributed by atoms with Crippen LogP contribution < -0.4 is 11.1 Å². The maximum atomic E-state index is 5.83. The minimum atomic E-state index is 0.135. The van der Waals surface area contributed by atoms with Crippen molar-refractivity contribution in [1.29, 1.82) is 0 Å². The maximum absolute atomic E-state index is 5.83. The van der Waals surface area contributed by atoms with Gasteiger partial charge in [0.1, 0.15) is 5.82 Å². The quantitative estimate of drug-likeness (QED) is 0.816. The van der Waals surface area contributed by atoms with Crippen molar-refractivity contribution in [2.24, 2.45) is 11.1 Å². The van der Waals surface area contributed by atoms with E-state index >= 15 is 0 Å². The van der Waals surface area contributed by atoms with Crippen molar-refractivity contribution in [1.82, 2.24) is 4.98 Å². The highest BCUT2D eigenvalue weighted by atomic mass is 16.5. The van der Waals surface area contributed by atoms with Gasteiger partial charge in [-0.15, -0.1) is 0 Å². The predicted molar refractivity (Wildman–Crippen MR) is 67.1 cm³/mol. The van der Waals surface area contributed by atoms with Gasteiger partial charge < -0.3 is 15.8 Å². The molecular formula is C13H19N3O. The van der Waals surface area contributed by atoms with Crippen molar-refractivity contribution < 1.29 is 4.74 Å². The summed E-state index contributed by atoms with van der Waals surface area (Å²) >= 11 is 0. The largest absolute Gasteiger partial charge is 0.380 e. The minimum absolute atomic E-state index is 0.135. The molecule has 2 aliphatic rings. The van der Waals surface area contributed by atoms with Gasteiger partial charge in [0.25, 0.3) is 0 Å². The summed E-state index contributed by atoms with van der Waals surface area (Å²) in [4.78, 5) is 4.71. The third kappa shape index (κ3) is 2.03. The molecule has 3 N–H and O–H groups in total. The lowest BCUT2D eigenvalue weighted by molar-refractivity contribution is -0.106. The first-order valence-electron chi connectivity index (χ1n) is 6.32. The number of rotatable bonds is 3. The molecule has 3 rings (SSSR count). The molecule has 0 atom stereocenters. The van der Waals surface area contributed by atoms with Gasteiger partial charge in [-0.05, 0) is 24.5 Å². The first-order valence-corrected chi connectivity index (χ1v) is 6.32. The van der Waals surface area contributed by atoms with Crippen LogP contribution in [0.25, 0.3) is 0 Å². The fourth-order valence-electron chi connectivity index (χ4n) is 2.53. The monoisotopic (exact) mass is 233 g/mol. The molecule has 0 aromatic carbocycles. The van der Waals surface area contributed by atoms with Crippen molar-refractivity contribution in [2.75, 3.05) is 31.6 Å². The second-order valence-corrected chi connectivity index (χ2v) is 5.21. The molecule has 0 aliphatic carbocycles. The molecule has 0 unspecified atom stereocenters. The number of aromatic nitrogens is 1. The number of fused-ring (bicyclic) bond motifs is 1. The fourth-order valence-corrected chi connectivity index (χ4v) is 2.53. The summed E-state index contributed by atoms with van der Waals surface area (Å²) in [5.74, 6) is 1.07. The molecule has 4 nitrogen and oxygen atoms in total. The predicted octanol–water partition coefficient (Wildman–Crippen LogP) is 0.957. The number of pyridine rings is 1. The number of nitrogens with two attached hydrogens (primary N) is 1. The molecule has 0 spiro atoms.